The minimum atomic E-state index is -0.264. The Kier molecular flexibility index (Phi) is 4.70. The maximum atomic E-state index is 12.7. The van der Waals surface area contributed by atoms with Gasteiger partial charge in [-0.3, -0.25) is 4.79 Å². The predicted molar refractivity (Wildman–Crippen MR) is 108 cm³/mol. The molecule has 7 nitrogen and oxygen atoms in total. The number of nitrogens with one attached hydrogen (secondary N) is 1. The number of nitrogens with zero attached hydrogens (tertiary/aromatic N) is 2. The van der Waals surface area contributed by atoms with Gasteiger partial charge in [0.1, 0.15) is 27.2 Å². The lowest BCUT2D eigenvalue weighted by molar-refractivity contribution is 0.0862. The number of hydrogen-bond donors (Lipinski definition) is 3. The van der Waals surface area contributed by atoms with Crippen molar-refractivity contribution in [1.82, 2.24) is 10.3 Å². The van der Waals surface area contributed by atoms with Crippen molar-refractivity contribution >= 4 is 50.3 Å². The molecule has 0 bridgehead atoms. The number of nitriles is 1. The number of ether oxygens (including phenoxy) is 1. The Morgan fingerprint density at radius 1 is 1.48 bits per heavy atom. The van der Waals surface area contributed by atoms with E-state index in [1.165, 1.54) is 22.7 Å². The second-order valence-corrected chi connectivity index (χ2v) is 8.15. The molecular formula is C18H17N5O2S2. The van der Waals surface area contributed by atoms with Crippen LogP contribution in [0.15, 0.2) is 17.5 Å². The van der Waals surface area contributed by atoms with Crippen LogP contribution in [-0.2, 0) is 4.74 Å². The smallest absolute Gasteiger partial charge is 0.263 e. The molecule has 4 heterocycles. The van der Waals surface area contributed by atoms with Crippen molar-refractivity contribution < 1.29 is 9.53 Å². The highest BCUT2D eigenvalue weighted by atomic mass is 32.1. The van der Waals surface area contributed by atoms with Crippen LogP contribution in [0.4, 0.5) is 11.5 Å². The maximum absolute atomic E-state index is 12.7. The number of pyridine rings is 1. The lowest BCUT2D eigenvalue weighted by Crippen LogP contribution is -2.31. The Bertz CT molecular complexity index is 1050. The highest BCUT2D eigenvalue weighted by Crippen LogP contribution is 2.43. The Balaban J connectivity index is 1.78. The normalized spacial score (nSPS) is 16.5. The van der Waals surface area contributed by atoms with Crippen LogP contribution in [0.1, 0.15) is 28.1 Å². The first-order chi connectivity index (χ1) is 13.1. The molecule has 4 rings (SSSR count). The molecule has 0 radical (unpaired) electrons. The minimum absolute atomic E-state index is 0.0465. The predicted octanol–water partition coefficient (Wildman–Crippen LogP) is 2.97. The van der Waals surface area contributed by atoms with Crippen molar-refractivity contribution in [2.75, 3.05) is 24.6 Å². The topological polar surface area (TPSA) is 127 Å². The number of thiophene rings is 2. The molecule has 27 heavy (non-hydrogen) atoms. The number of fused-ring (bicyclic) bond motifs is 1. The monoisotopic (exact) mass is 399 g/mol. The number of carbonyl (C=O) groups excluding carboxylic acids is 1. The molecule has 1 atom stereocenters. The Hall–Kier alpha value is -2.67. The third-order valence-corrected chi connectivity index (χ3v) is 6.49. The molecule has 1 amide bonds. The zero-order chi connectivity index (χ0) is 19.0. The van der Waals surface area contributed by atoms with Gasteiger partial charge in [-0.2, -0.15) is 5.26 Å². The fourth-order valence-corrected chi connectivity index (χ4v) is 5.02. The van der Waals surface area contributed by atoms with Crippen molar-refractivity contribution in [3.8, 4) is 16.5 Å². The molecule has 1 aliphatic heterocycles. The van der Waals surface area contributed by atoms with E-state index in [9.17, 15) is 10.1 Å². The van der Waals surface area contributed by atoms with Crippen LogP contribution in [0.2, 0.25) is 0 Å². The van der Waals surface area contributed by atoms with Crippen LogP contribution >= 0.6 is 22.7 Å². The molecule has 0 saturated carbocycles. The average Bonchev–Trinajstić information content (AvgIpc) is 3.41. The summed E-state index contributed by atoms with van der Waals surface area (Å²) in [5.41, 5.74) is 13.6. The summed E-state index contributed by atoms with van der Waals surface area (Å²) in [6, 6.07) is 5.91. The van der Waals surface area contributed by atoms with Gasteiger partial charge in [0.05, 0.1) is 11.8 Å². The molecule has 3 aromatic rings. The molecule has 138 valence electrons. The van der Waals surface area contributed by atoms with Gasteiger partial charge in [-0.25, -0.2) is 4.98 Å². The summed E-state index contributed by atoms with van der Waals surface area (Å²) in [6.07, 6.45) is 2.00. The first-order valence-electron chi connectivity index (χ1n) is 8.45. The molecular weight excluding hydrogens is 382 g/mol. The van der Waals surface area contributed by atoms with Gasteiger partial charge < -0.3 is 21.5 Å². The van der Waals surface area contributed by atoms with E-state index >= 15 is 0 Å². The lowest BCUT2D eigenvalue weighted by Gasteiger charge is -2.10. The number of anilines is 2. The third-order valence-electron chi connectivity index (χ3n) is 4.50. The van der Waals surface area contributed by atoms with E-state index in [4.69, 9.17) is 16.2 Å². The molecule has 9 heteroatoms. The molecule has 0 spiro atoms. The van der Waals surface area contributed by atoms with E-state index in [0.717, 1.165) is 24.3 Å². The summed E-state index contributed by atoms with van der Waals surface area (Å²) in [5, 5.41) is 15.0. The Morgan fingerprint density at radius 3 is 3.00 bits per heavy atom. The highest BCUT2D eigenvalue weighted by molar-refractivity contribution is 7.21. The lowest BCUT2D eigenvalue weighted by atomic mass is 10.0. The van der Waals surface area contributed by atoms with E-state index in [1.54, 1.807) is 0 Å². The standard InChI is InChI=1S/C18H17N5O2S2/c19-7-10-12(11-4-2-6-26-11)13-14(20)15(27-18(13)23-16(10)21)17(24)22-8-9-3-1-5-25-9/h2,4,6,9H,1,3,5,8,20H2,(H2,21,23)(H,22,24). The van der Waals surface area contributed by atoms with Crippen LogP contribution in [0.25, 0.3) is 20.7 Å². The largest absolute Gasteiger partial charge is 0.397 e. The zero-order valence-corrected chi connectivity index (χ0v) is 16.0. The molecule has 1 fully saturated rings. The quantitative estimate of drug-likeness (QED) is 0.619. The molecule has 3 aromatic heterocycles. The summed E-state index contributed by atoms with van der Waals surface area (Å²) < 4.78 is 5.54. The van der Waals surface area contributed by atoms with Crippen LogP contribution < -0.4 is 16.8 Å². The van der Waals surface area contributed by atoms with E-state index in [1.807, 2.05) is 17.5 Å². The highest BCUT2D eigenvalue weighted by Gasteiger charge is 2.25. The van der Waals surface area contributed by atoms with E-state index in [0.29, 0.717) is 32.9 Å². The van der Waals surface area contributed by atoms with E-state index in [2.05, 4.69) is 16.4 Å². The molecule has 0 aromatic carbocycles. The summed E-state index contributed by atoms with van der Waals surface area (Å²) in [7, 11) is 0. The number of amides is 1. The molecule has 0 aliphatic carbocycles. The Labute approximate surface area is 163 Å². The van der Waals surface area contributed by atoms with Crippen molar-refractivity contribution in [1.29, 1.82) is 5.26 Å². The summed E-state index contributed by atoms with van der Waals surface area (Å²) in [5.74, 6) is -0.124. The van der Waals surface area contributed by atoms with Crippen molar-refractivity contribution in [2.24, 2.45) is 0 Å². The van der Waals surface area contributed by atoms with Crippen molar-refractivity contribution in [2.45, 2.75) is 18.9 Å². The second kappa shape index (κ2) is 7.15. The number of nitrogens with two attached hydrogens (primary N) is 2. The number of nitrogen functional groups attached to an aromatic ring is 2. The van der Waals surface area contributed by atoms with Crippen molar-refractivity contribution in [3.63, 3.8) is 0 Å². The summed E-state index contributed by atoms with van der Waals surface area (Å²) >= 11 is 2.67. The molecule has 1 saturated heterocycles. The molecule has 1 aliphatic rings. The minimum Gasteiger partial charge on any atom is -0.397 e. The van der Waals surface area contributed by atoms with Crippen molar-refractivity contribution in [3.05, 3.63) is 28.0 Å². The molecule has 1 unspecified atom stereocenters. The van der Waals surface area contributed by atoms with Gasteiger partial charge in [0.25, 0.3) is 5.91 Å². The number of rotatable bonds is 4. The number of carbonyl (C=O) groups is 1. The fourth-order valence-electron chi connectivity index (χ4n) is 3.21. The fraction of sp³-hybridized carbons (Fsp3) is 0.278. The van der Waals surface area contributed by atoms with Gasteiger partial charge in [-0.15, -0.1) is 22.7 Å². The molecule has 5 N–H and O–H groups in total. The van der Waals surface area contributed by atoms with Gasteiger partial charge >= 0.3 is 0 Å². The van der Waals surface area contributed by atoms with Gasteiger partial charge in [-0.05, 0) is 24.3 Å². The van der Waals surface area contributed by atoms with Gasteiger partial charge in [0.15, 0.2) is 0 Å². The van der Waals surface area contributed by atoms with E-state index in [-0.39, 0.29) is 23.4 Å². The van der Waals surface area contributed by atoms with Crippen LogP contribution in [-0.4, -0.2) is 30.1 Å². The summed E-state index contributed by atoms with van der Waals surface area (Å²) in [6.45, 7) is 1.18. The average molecular weight is 400 g/mol. The third kappa shape index (κ3) is 3.12. The van der Waals surface area contributed by atoms with Gasteiger partial charge in [-0.1, -0.05) is 6.07 Å². The van der Waals surface area contributed by atoms with Crippen LogP contribution in [0, 0.1) is 11.3 Å². The SMILES string of the molecule is N#Cc1c(N)nc2sc(C(=O)NCC3CCCO3)c(N)c2c1-c1cccs1. The number of aromatic nitrogens is 1. The van der Waals surface area contributed by atoms with E-state index < -0.39 is 0 Å². The maximum Gasteiger partial charge on any atom is 0.263 e. The van der Waals surface area contributed by atoms with Crippen LogP contribution in [0.5, 0.6) is 0 Å². The first kappa shape index (κ1) is 17.7. The first-order valence-corrected chi connectivity index (χ1v) is 10.1. The van der Waals surface area contributed by atoms with Gasteiger partial charge in [0.2, 0.25) is 0 Å². The second-order valence-electron chi connectivity index (χ2n) is 6.21. The number of hydrogen-bond acceptors (Lipinski definition) is 8. The summed E-state index contributed by atoms with van der Waals surface area (Å²) in [4.78, 5) is 18.8. The Morgan fingerprint density at radius 2 is 2.33 bits per heavy atom. The van der Waals surface area contributed by atoms with Gasteiger partial charge in [0, 0.05) is 29.0 Å². The zero-order valence-electron chi connectivity index (χ0n) is 14.3. The van der Waals surface area contributed by atoms with Crippen LogP contribution in [0.3, 0.4) is 0 Å².